The van der Waals surface area contributed by atoms with Crippen molar-refractivity contribution in [1.29, 1.82) is 0 Å². The highest BCUT2D eigenvalue weighted by Gasteiger charge is 2.13. The van der Waals surface area contributed by atoms with Crippen molar-refractivity contribution in [1.82, 2.24) is 5.32 Å². The Morgan fingerprint density at radius 2 is 1.91 bits per heavy atom. The first-order valence-electron chi connectivity index (χ1n) is 7.35. The fraction of sp³-hybridized carbons (Fsp3) is 0.278. The van der Waals surface area contributed by atoms with E-state index >= 15 is 0 Å². The number of hydrogen-bond acceptors (Lipinski definition) is 3. The molecule has 0 radical (unpaired) electrons. The van der Waals surface area contributed by atoms with Crippen LogP contribution < -0.4 is 10.1 Å². The van der Waals surface area contributed by atoms with Crippen molar-refractivity contribution in [3.05, 3.63) is 65.5 Å². The van der Waals surface area contributed by atoms with Crippen LogP contribution in [0.1, 0.15) is 24.1 Å². The van der Waals surface area contributed by atoms with Gasteiger partial charge in [-0.05, 0) is 24.6 Å². The van der Waals surface area contributed by atoms with E-state index in [4.69, 9.17) is 4.74 Å². The minimum atomic E-state index is -0.234. The van der Waals surface area contributed by atoms with Crippen molar-refractivity contribution in [2.45, 2.75) is 18.7 Å². The number of carbonyl (C=O) groups excluding carboxylic acids is 1. The van der Waals surface area contributed by atoms with Gasteiger partial charge < -0.3 is 10.1 Å². The van der Waals surface area contributed by atoms with Crippen molar-refractivity contribution in [3.63, 3.8) is 0 Å². The number of amides is 1. The van der Waals surface area contributed by atoms with Crippen LogP contribution in [0, 0.1) is 5.82 Å². The summed E-state index contributed by atoms with van der Waals surface area (Å²) < 4.78 is 18.8. The summed E-state index contributed by atoms with van der Waals surface area (Å²) in [4.78, 5) is 12.0. The van der Waals surface area contributed by atoms with E-state index in [1.807, 2.05) is 31.2 Å². The van der Waals surface area contributed by atoms with E-state index in [1.54, 1.807) is 25.3 Å². The predicted molar refractivity (Wildman–Crippen MR) is 92.1 cm³/mol. The number of rotatable bonds is 7. The summed E-state index contributed by atoms with van der Waals surface area (Å²) in [5.41, 5.74) is 1.55. The molecule has 122 valence electrons. The summed E-state index contributed by atoms with van der Waals surface area (Å²) >= 11 is 1.39. The first-order valence-corrected chi connectivity index (χ1v) is 8.50. The van der Waals surface area contributed by atoms with Crippen LogP contribution in [0.2, 0.25) is 0 Å². The van der Waals surface area contributed by atoms with E-state index in [1.165, 1.54) is 17.8 Å². The summed E-state index contributed by atoms with van der Waals surface area (Å²) in [7, 11) is 1.61. The third-order valence-corrected chi connectivity index (χ3v) is 4.41. The number of nitrogens with one attached hydrogen (secondary N) is 1. The number of ether oxygens (including phenoxy) is 1. The summed E-state index contributed by atoms with van der Waals surface area (Å²) in [6.07, 6.45) is 0. The lowest BCUT2D eigenvalue weighted by atomic mass is 10.1. The highest BCUT2D eigenvalue weighted by molar-refractivity contribution is 7.99. The maximum atomic E-state index is 13.5. The molecule has 0 spiro atoms. The molecule has 5 heteroatoms. The number of para-hydroxylation sites is 1. The second-order valence-electron chi connectivity index (χ2n) is 5.12. The van der Waals surface area contributed by atoms with E-state index in [2.05, 4.69) is 5.32 Å². The van der Waals surface area contributed by atoms with Gasteiger partial charge in [-0.15, -0.1) is 11.8 Å². The average Bonchev–Trinajstić information content (AvgIpc) is 2.56. The quantitative estimate of drug-likeness (QED) is 0.834. The van der Waals surface area contributed by atoms with Gasteiger partial charge in [-0.1, -0.05) is 36.4 Å². The third kappa shape index (κ3) is 4.99. The van der Waals surface area contributed by atoms with E-state index in [0.717, 1.165) is 11.3 Å². The lowest BCUT2D eigenvalue weighted by Gasteiger charge is -2.17. The van der Waals surface area contributed by atoms with E-state index in [0.29, 0.717) is 11.3 Å². The molecule has 1 amide bonds. The van der Waals surface area contributed by atoms with Gasteiger partial charge in [0.15, 0.2) is 0 Å². The van der Waals surface area contributed by atoms with Crippen LogP contribution >= 0.6 is 11.8 Å². The van der Waals surface area contributed by atoms with Crippen LogP contribution in [-0.4, -0.2) is 18.8 Å². The van der Waals surface area contributed by atoms with Crippen molar-refractivity contribution in [3.8, 4) is 5.75 Å². The van der Waals surface area contributed by atoms with Gasteiger partial charge in [0.2, 0.25) is 5.91 Å². The Bertz CT molecular complexity index is 663. The molecule has 0 aliphatic heterocycles. The zero-order chi connectivity index (χ0) is 16.7. The second-order valence-corrected chi connectivity index (χ2v) is 6.10. The minimum absolute atomic E-state index is 0.0789. The highest BCUT2D eigenvalue weighted by atomic mass is 32.2. The van der Waals surface area contributed by atoms with Crippen molar-refractivity contribution in [2.75, 3.05) is 12.9 Å². The Morgan fingerprint density at radius 1 is 1.22 bits per heavy atom. The summed E-state index contributed by atoms with van der Waals surface area (Å²) in [6, 6.07) is 14.1. The van der Waals surface area contributed by atoms with Crippen LogP contribution in [-0.2, 0) is 10.5 Å². The molecule has 0 aromatic heterocycles. The molecular weight excluding hydrogens is 313 g/mol. The molecule has 1 atom stereocenters. The molecule has 0 bridgehead atoms. The van der Waals surface area contributed by atoms with Gasteiger partial charge >= 0.3 is 0 Å². The molecule has 2 rings (SSSR count). The number of methoxy groups -OCH3 is 1. The Labute approximate surface area is 140 Å². The standard InChI is InChI=1S/C18H20FNO2S/c1-13(15-8-4-6-10-17(15)22-2)20-18(21)12-23-11-14-7-3-5-9-16(14)19/h3-10,13H,11-12H2,1-2H3,(H,20,21)/t13-/m1/s1. The number of hydrogen-bond donors (Lipinski definition) is 1. The van der Waals surface area contributed by atoms with Gasteiger partial charge in [0.25, 0.3) is 0 Å². The van der Waals surface area contributed by atoms with E-state index in [-0.39, 0.29) is 23.5 Å². The molecule has 0 unspecified atom stereocenters. The largest absolute Gasteiger partial charge is 0.496 e. The number of halogens is 1. The van der Waals surface area contributed by atoms with Crippen LogP contribution in [0.4, 0.5) is 4.39 Å². The Balaban J connectivity index is 1.84. The van der Waals surface area contributed by atoms with Gasteiger partial charge in [-0.25, -0.2) is 4.39 Å². The first-order chi connectivity index (χ1) is 11.1. The maximum absolute atomic E-state index is 13.5. The smallest absolute Gasteiger partial charge is 0.230 e. The minimum Gasteiger partial charge on any atom is -0.496 e. The number of thioether (sulfide) groups is 1. The maximum Gasteiger partial charge on any atom is 0.230 e. The number of carbonyl (C=O) groups is 1. The zero-order valence-electron chi connectivity index (χ0n) is 13.2. The van der Waals surface area contributed by atoms with Crippen molar-refractivity contribution >= 4 is 17.7 Å². The van der Waals surface area contributed by atoms with Crippen molar-refractivity contribution in [2.24, 2.45) is 0 Å². The fourth-order valence-electron chi connectivity index (χ4n) is 2.25. The summed E-state index contributed by atoms with van der Waals surface area (Å²) in [5, 5.41) is 2.94. The molecule has 0 saturated carbocycles. The van der Waals surface area contributed by atoms with E-state index in [9.17, 15) is 9.18 Å². The second kappa shape index (κ2) is 8.58. The van der Waals surface area contributed by atoms with Crippen LogP contribution in [0.3, 0.4) is 0 Å². The molecule has 0 aliphatic rings. The Hall–Kier alpha value is -2.01. The lowest BCUT2D eigenvalue weighted by molar-refractivity contribution is -0.119. The van der Waals surface area contributed by atoms with Crippen LogP contribution in [0.25, 0.3) is 0 Å². The van der Waals surface area contributed by atoms with Gasteiger partial charge in [0, 0.05) is 11.3 Å². The molecule has 0 heterocycles. The van der Waals surface area contributed by atoms with Gasteiger partial charge in [-0.2, -0.15) is 0 Å². The molecule has 0 fully saturated rings. The molecule has 1 N–H and O–H groups in total. The monoisotopic (exact) mass is 333 g/mol. The topological polar surface area (TPSA) is 38.3 Å². The number of benzene rings is 2. The highest BCUT2D eigenvalue weighted by Crippen LogP contribution is 2.24. The lowest BCUT2D eigenvalue weighted by Crippen LogP contribution is -2.28. The Morgan fingerprint density at radius 3 is 2.65 bits per heavy atom. The molecule has 23 heavy (non-hydrogen) atoms. The van der Waals surface area contributed by atoms with Crippen molar-refractivity contribution < 1.29 is 13.9 Å². The normalized spacial score (nSPS) is 11.8. The molecule has 2 aromatic rings. The molecule has 0 aliphatic carbocycles. The zero-order valence-corrected chi connectivity index (χ0v) is 14.0. The van der Waals surface area contributed by atoms with Gasteiger partial charge in [-0.3, -0.25) is 4.79 Å². The Kier molecular flexibility index (Phi) is 6.47. The van der Waals surface area contributed by atoms with Crippen LogP contribution in [0.15, 0.2) is 48.5 Å². The van der Waals surface area contributed by atoms with E-state index < -0.39 is 0 Å². The molecule has 0 saturated heterocycles. The predicted octanol–water partition coefficient (Wildman–Crippen LogP) is 3.94. The molecule has 3 nitrogen and oxygen atoms in total. The third-order valence-electron chi connectivity index (χ3n) is 3.43. The fourth-order valence-corrected chi connectivity index (χ4v) is 3.08. The summed E-state index contributed by atoms with van der Waals surface area (Å²) in [6.45, 7) is 1.91. The molecular formula is C18H20FNO2S. The SMILES string of the molecule is COc1ccccc1[C@@H](C)NC(=O)CSCc1ccccc1F. The first kappa shape index (κ1) is 17.3. The van der Waals surface area contributed by atoms with Gasteiger partial charge in [0.05, 0.1) is 18.9 Å². The average molecular weight is 333 g/mol. The summed E-state index contributed by atoms with van der Waals surface area (Å²) in [5.74, 6) is 1.20. The van der Waals surface area contributed by atoms with Gasteiger partial charge in [0.1, 0.15) is 11.6 Å². The van der Waals surface area contributed by atoms with Crippen LogP contribution in [0.5, 0.6) is 5.75 Å². The molecule has 2 aromatic carbocycles.